The molecule has 1 N–H and O–H groups in total. The molecule has 2 aliphatic rings. The molecular weight excluding hydrogens is 232 g/mol. The van der Waals surface area contributed by atoms with Gasteiger partial charge >= 0.3 is 0 Å². The molecule has 0 bridgehead atoms. The van der Waals surface area contributed by atoms with Gasteiger partial charge in [0.15, 0.2) is 0 Å². The van der Waals surface area contributed by atoms with Crippen molar-refractivity contribution in [1.29, 1.82) is 0 Å². The summed E-state index contributed by atoms with van der Waals surface area (Å²) in [5.74, 6) is 1.96. The lowest BCUT2D eigenvalue weighted by molar-refractivity contribution is 0.184. The van der Waals surface area contributed by atoms with Gasteiger partial charge < -0.3 is 10.2 Å². The van der Waals surface area contributed by atoms with Crippen LogP contribution in [0.4, 0.5) is 0 Å². The molecule has 2 saturated carbocycles. The van der Waals surface area contributed by atoms with Crippen LogP contribution in [-0.2, 0) is 0 Å². The average molecular weight is 266 g/mol. The number of nitrogens with one attached hydrogen (secondary N) is 1. The van der Waals surface area contributed by atoms with E-state index in [4.69, 9.17) is 0 Å². The van der Waals surface area contributed by atoms with Crippen molar-refractivity contribution in [3.05, 3.63) is 0 Å². The lowest BCUT2D eigenvalue weighted by Gasteiger charge is -2.35. The van der Waals surface area contributed by atoms with Crippen molar-refractivity contribution in [3.8, 4) is 0 Å². The molecule has 2 heteroatoms. The SMILES string of the molecule is CCCNC(CN(CC)CC1CC1)C1CCCCC1. The fraction of sp³-hybridized carbons (Fsp3) is 1.00. The van der Waals surface area contributed by atoms with Crippen molar-refractivity contribution >= 4 is 0 Å². The minimum absolute atomic E-state index is 0.749. The van der Waals surface area contributed by atoms with Gasteiger partial charge in [-0.1, -0.05) is 33.1 Å². The van der Waals surface area contributed by atoms with Crippen LogP contribution in [-0.4, -0.2) is 37.1 Å². The lowest BCUT2D eigenvalue weighted by Crippen LogP contribution is -2.47. The van der Waals surface area contributed by atoms with Gasteiger partial charge in [-0.25, -0.2) is 0 Å². The predicted octanol–water partition coefficient (Wildman–Crippen LogP) is 3.67. The van der Waals surface area contributed by atoms with Crippen LogP contribution in [0, 0.1) is 11.8 Å². The standard InChI is InChI=1S/C17H34N2/c1-3-12-18-17(16-8-6-5-7-9-16)14-19(4-2)13-15-10-11-15/h15-18H,3-14H2,1-2H3. The van der Waals surface area contributed by atoms with Crippen LogP contribution in [0.15, 0.2) is 0 Å². The maximum absolute atomic E-state index is 3.86. The third kappa shape index (κ3) is 5.43. The van der Waals surface area contributed by atoms with Gasteiger partial charge in [0.25, 0.3) is 0 Å². The summed E-state index contributed by atoms with van der Waals surface area (Å²) in [6.45, 7) is 9.69. The summed E-state index contributed by atoms with van der Waals surface area (Å²) in [6.07, 6.45) is 11.5. The van der Waals surface area contributed by atoms with Gasteiger partial charge in [-0.2, -0.15) is 0 Å². The second-order valence-electron chi connectivity index (χ2n) is 6.75. The zero-order valence-electron chi connectivity index (χ0n) is 13.2. The highest BCUT2D eigenvalue weighted by Gasteiger charge is 2.28. The van der Waals surface area contributed by atoms with Gasteiger partial charge in [-0.15, -0.1) is 0 Å². The van der Waals surface area contributed by atoms with Gasteiger partial charge in [0.1, 0.15) is 0 Å². The van der Waals surface area contributed by atoms with E-state index < -0.39 is 0 Å². The van der Waals surface area contributed by atoms with E-state index in [9.17, 15) is 0 Å². The molecular formula is C17H34N2. The molecule has 0 radical (unpaired) electrons. The lowest BCUT2D eigenvalue weighted by atomic mass is 9.83. The maximum atomic E-state index is 3.86. The monoisotopic (exact) mass is 266 g/mol. The van der Waals surface area contributed by atoms with Crippen molar-refractivity contribution in [2.24, 2.45) is 11.8 Å². The van der Waals surface area contributed by atoms with E-state index in [1.54, 1.807) is 0 Å². The second kappa shape index (κ2) is 8.26. The Morgan fingerprint density at radius 1 is 1.05 bits per heavy atom. The largest absolute Gasteiger partial charge is 0.312 e. The van der Waals surface area contributed by atoms with Gasteiger partial charge in [-0.05, 0) is 57.0 Å². The minimum atomic E-state index is 0.749. The topological polar surface area (TPSA) is 15.3 Å². The first-order valence-electron chi connectivity index (χ1n) is 8.79. The number of hydrogen-bond acceptors (Lipinski definition) is 2. The number of hydrogen-bond donors (Lipinski definition) is 1. The molecule has 0 spiro atoms. The highest BCUT2D eigenvalue weighted by atomic mass is 15.2. The van der Waals surface area contributed by atoms with Gasteiger partial charge in [0.2, 0.25) is 0 Å². The number of rotatable bonds is 9. The molecule has 0 aromatic carbocycles. The molecule has 0 amide bonds. The Morgan fingerprint density at radius 3 is 2.37 bits per heavy atom. The van der Waals surface area contributed by atoms with Gasteiger partial charge in [-0.3, -0.25) is 0 Å². The number of nitrogens with zero attached hydrogens (tertiary/aromatic N) is 1. The molecule has 112 valence electrons. The Morgan fingerprint density at radius 2 is 1.79 bits per heavy atom. The minimum Gasteiger partial charge on any atom is -0.312 e. The van der Waals surface area contributed by atoms with E-state index in [1.165, 1.54) is 77.5 Å². The first-order chi connectivity index (χ1) is 9.33. The zero-order valence-corrected chi connectivity index (χ0v) is 13.2. The van der Waals surface area contributed by atoms with E-state index >= 15 is 0 Å². The molecule has 1 atom stereocenters. The molecule has 0 aliphatic heterocycles. The van der Waals surface area contributed by atoms with E-state index in [2.05, 4.69) is 24.1 Å². The van der Waals surface area contributed by atoms with E-state index in [0.29, 0.717) is 0 Å². The summed E-state index contributed by atoms with van der Waals surface area (Å²) in [4.78, 5) is 2.71. The van der Waals surface area contributed by atoms with Crippen LogP contribution in [0.1, 0.15) is 65.2 Å². The fourth-order valence-electron chi connectivity index (χ4n) is 3.52. The molecule has 2 aliphatic carbocycles. The summed E-state index contributed by atoms with van der Waals surface area (Å²) in [5, 5.41) is 3.86. The fourth-order valence-corrected chi connectivity index (χ4v) is 3.52. The highest BCUT2D eigenvalue weighted by Crippen LogP contribution is 2.31. The molecule has 2 nitrogen and oxygen atoms in total. The third-order valence-electron chi connectivity index (χ3n) is 4.99. The molecule has 0 heterocycles. The Kier molecular flexibility index (Phi) is 6.66. The highest BCUT2D eigenvalue weighted by molar-refractivity contribution is 4.84. The molecule has 1 unspecified atom stereocenters. The molecule has 2 rings (SSSR count). The Balaban J connectivity index is 1.82. The van der Waals surface area contributed by atoms with Crippen molar-refractivity contribution in [1.82, 2.24) is 10.2 Å². The Hall–Kier alpha value is -0.0800. The van der Waals surface area contributed by atoms with Crippen molar-refractivity contribution in [3.63, 3.8) is 0 Å². The third-order valence-corrected chi connectivity index (χ3v) is 4.99. The summed E-state index contributed by atoms with van der Waals surface area (Å²) >= 11 is 0. The molecule has 19 heavy (non-hydrogen) atoms. The van der Waals surface area contributed by atoms with Gasteiger partial charge in [0.05, 0.1) is 0 Å². The van der Waals surface area contributed by atoms with Crippen LogP contribution in [0.25, 0.3) is 0 Å². The van der Waals surface area contributed by atoms with E-state index in [1.807, 2.05) is 0 Å². The van der Waals surface area contributed by atoms with Crippen molar-refractivity contribution in [2.75, 3.05) is 26.2 Å². The quantitative estimate of drug-likeness (QED) is 0.685. The Bertz CT molecular complexity index is 231. The van der Waals surface area contributed by atoms with Crippen molar-refractivity contribution in [2.45, 2.75) is 71.3 Å². The van der Waals surface area contributed by atoms with Gasteiger partial charge in [0, 0.05) is 19.1 Å². The van der Waals surface area contributed by atoms with Crippen LogP contribution in [0.3, 0.4) is 0 Å². The number of likely N-dealkylation sites (N-methyl/N-ethyl adjacent to an activating group) is 1. The Labute approximate surface area is 120 Å². The predicted molar refractivity (Wildman–Crippen MR) is 83.5 cm³/mol. The van der Waals surface area contributed by atoms with Crippen LogP contribution in [0.5, 0.6) is 0 Å². The summed E-state index contributed by atoms with van der Waals surface area (Å²) in [7, 11) is 0. The maximum Gasteiger partial charge on any atom is 0.0223 e. The second-order valence-corrected chi connectivity index (χ2v) is 6.75. The van der Waals surface area contributed by atoms with Crippen molar-refractivity contribution < 1.29 is 0 Å². The zero-order chi connectivity index (χ0) is 13.5. The van der Waals surface area contributed by atoms with Crippen LogP contribution >= 0.6 is 0 Å². The smallest absolute Gasteiger partial charge is 0.0223 e. The van der Waals surface area contributed by atoms with E-state index in [-0.39, 0.29) is 0 Å². The summed E-state index contributed by atoms with van der Waals surface area (Å²) in [6, 6.07) is 0.749. The normalized spacial score (nSPS) is 22.9. The average Bonchev–Trinajstić information content (AvgIpc) is 3.27. The van der Waals surface area contributed by atoms with Crippen LogP contribution < -0.4 is 5.32 Å². The molecule has 2 fully saturated rings. The first kappa shape index (κ1) is 15.3. The molecule has 0 aromatic rings. The van der Waals surface area contributed by atoms with E-state index in [0.717, 1.165) is 17.9 Å². The molecule has 0 saturated heterocycles. The first-order valence-corrected chi connectivity index (χ1v) is 8.79. The molecule has 0 aromatic heterocycles. The summed E-state index contributed by atoms with van der Waals surface area (Å²) in [5.41, 5.74) is 0. The van der Waals surface area contributed by atoms with Crippen LogP contribution in [0.2, 0.25) is 0 Å². The summed E-state index contributed by atoms with van der Waals surface area (Å²) < 4.78 is 0.